The lowest BCUT2D eigenvalue weighted by Crippen LogP contribution is -2.32. The fraction of sp³-hybridized carbons (Fsp3) is 0.174. The second kappa shape index (κ2) is 9.46. The summed E-state index contributed by atoms with van der Waals surface area (Å²) in [6, 6.07) is 23.9. The Labute approximate surface area is 164 Å². The molecule has 5 nitrogen and oxygen atoms in total. The first-order valence-electron chi connectivity index (χ1n) is 9.13. The molecule has 0 saturated heterocycles. The van der Waals surface area contributed by atoms with Gasteiger partial charge in [0.15, 0.2) is 11.9 Å². The molecule has 0 radical (unpaired) electrons. The normalized spacial score (nSPS) is 11.4. The van der Waals surface area contributed by atoms with Crippen molar-refractivity contribution in [1.29, 1.82) is 0 Å². The van der Waals surface area contributed by atoms with E-state index in [4.69, 9.17) is 14.2 Å². The number of ether oxygens (including phenoxy) is 3. The molecule has 0 bridgehead atoms. The number of carbonyl (C=O) groups is 1. The zero-order chi connectivity index (χ0) is 19.8. The zero-order valence-electron chi connectivity index (χ0n) is 15.9. The van der Waals surface area contributed by atoms with E-state index in [0.717, 1.165) is 5.75 Å². The van der Waals surface area contributed by atoms with Gasteiger partial charge in [-0.2, -0.15) is 0 Å². The van der Waals surface area contributed by atoms with Crippen LogP contribution in [0.5, 0.6) is 23.0 Å². The molecule has 0 aromatic heterocycles. The van der Waals surface area contributed by atoms with Gasteiger partial charge in [-0.15, -0.1) is 0 Å². The Morgan fingerprint density at radius 3 is 2.18 bits per heavy atom. The van der Waals surface area contributed by atoms with Crippen LogP contribution in [0.1, 0.15) is 13.3 Å². The molecular weight excluding hydrogens is 354 g/mol. The summed E-state index contributed by atoms with van der Waals surface area (Å²) < 4.78 is 16.9. The monoisotopic (exact) mass is 377 g/mol. The van der Waals surface area contributed by atoms with Gasteiger partial charge in [0.1, 0.15) is 17.2 Å². The highest BCUT2D eigenvalue weighted by molar-refractivity contribution is 5.95. The number of hydrogen-bond donors (Lipinski definition) is 1. The largest absolute Gasteiger partial charge is 0.497 e. The van der Waals surface area contributed by atoms with Crippen LogP contribution in [-0.2, 0) is 4.79 Å². The summed E-state index contributed by atoms with van der Waals surface area (Å²) in [5, 5.41) is 2.91. The first kappa shape index (κ1) is 19.3. The fourth-order valence-electron chi connectivity index (χ4n) is 2.63. The third kappa shape index (κ3) is 5.04. The van der Waals surface area contributed by atoms with Crippen LogP contribution < -0.4 is 19.5 Å². The highest BCUT2D eigenvalue weighted by Gasteiger charge is 2.20. The lowest BCUT2D eigenvalue weighted by molar-refractivity contribution is -0.122. The Morgan fingerprint density at radius 1 is 0.857 bits per heavy atom. The van der Waals surface area contributed by atoms with E-state index in [0.29, 0.717) is 29.4 Å². The highest BCUT2D eigenvalue weighted by atomic mass is 16.5. The number of para-hydroxylation sites is 3. The third-order valence-electron chi connectivity index (χ3n) is 4.12. The summed E-state index contributed by atoms with van der Waals surface area (Å²) in [5.74, 6) is 2.38. The molecule has 3 aromatic carbocycles. The number of nitrogens with one attached hydrogen (secondary N) is 1. The first-order chi connectivity index (χ1) is 13.7. The van der Waals surface area contributed by atoms with Crippen molar-refractivity contribution in [1.82, 2.24) is 0 Å². The molecule has 1 amide bonds. The van der Waals surface area contributed by atoms with Gasteiger partial charge in [-0.1, -0.05) is 37.3 Å². The molecule has 0 heterocycles. The molecule has 0 aliphatic carbocycles. The number of carbonyl (C=O) groups excluding carboxylic acids is 1. The molecule has 5 heteroatoms. The second-order valence-electron chi connectivity index (χ2n) is 6.09. The lowest BCUT2D eigenvalue weighted by atomic mass is 10.2. The molecule has 1 N–H and O–H groups in total. The second-order valence-corrected chi connectivity index (χ2v) is 6.09. The average Bonchev–Trinajstić information content (AvgIpc) is 2.74. The van der Waals surface area contributed by atoms with E-state index in [1.165, 1.54) is 0 Å². The van der Waals surface area contributed by atoms with Crippen molar-refractivity contribution in [3.8, 4) is 23.0 Å². The lowest BCUT2D eigenvalue weighted by Gasteiger charge is -2.19. The summed E-state index contributed by atoms with van der Waals surface area (Å²) in [7, 11) is 1.60. The molecule has 0 saturated carbocycles. The fourth-order valence-corrected chi connectivity index (χ4v) is 2.63. The average molecular weight is 377 g/mol. The van der Waals surface area contributed by atoms with Crippen LogP contribution in [0.2, 0.25) is 0 Å². The Balaban J connectivity index is 1.70. The Bertz CT molecular complexity index is 894. The highest BCUT2D eigenvalue weighted by Crippen LogP contribution is 2.29. The number of hydrogen-bond acceptors (Lipinski definition) is 4. The minimum atomic E-state index is -0.627. The summed E-state index contributed by atoms with van der Waals surface area (Å²) in [4.78, 5) is 12.8. The Kier molecular flexibility index (Phi) is 6.52. The number of anilines is 1. The molecule has 3 rings (SSSR count). The standard InChI is InChI=1S/C23H23NO4/c1-3-21(27-19-15-13-17(26-2)14-16-19)23(25)24-20-11-7-8-12-22(20)28-18-9-5-4-6-10-18/h4-16,21H,3H2,1-2H3,(H,24,25). The van der Waals surface area contributed by atoms with E-state index in [9.17, 15) is 4.79 Å². The quantitative estimate of drug-likeness (QED) is 0.580. The van der Waals surface area contributed by atoms with Gasteiger partial charge in [-0.05, 0) is 55.0 Å². The molecule has 144 valence electrons. The van der Waals surface area contributed by atoms with E-state index < -0.39 is 6.10 Å². The molecule has 28 heavy (non-hydrogen) atoms. The number of methoxy groups -OCH3 is 1. The molecule has 1 atom stereocenters. The summed E-state index contributed by atoms with van der Waals surface area (Å²) in [6.45, 7) is 1.90. The molecule has 0 fully saturated rings. The van der Waals surface area contributed by atoms with Crippen LogP contribution in [0.4, 0.5) is 5.69 Å². The summed E-state index contributed by atoms with van der Waals surface area (Å²) >= 11 is 0. The minimum absolute atomic E-state index is 0.234. The van der Waals surface area contributed by atoms with Crippen molar-refractivity contribution < 1.29 is 19.0 Å². The van der Waals surface area contributed by atoms with Crippen molar-refractivity contribution in [2.24, 2.45) is 0 Å². The van der Waals surface area contributed by atoms with Gasteiger partial charge in [0.05, 0.1) is 12.8 Å². The Morgan fingerprint density at radius 2 is 1.50 bits per heavy atom. The van der Waals surface area contributed by atoms with Crippen LogP contribution >= 0.6 is 0 Å². The van der Waals surface area contributed by atoms with Crippen LogP contribution in [0.25, 0.3) is 0 Å². The number of benzene rings is 3. The number of rotatable bonds is 8. The maximum atomic E-state index is 12.8. The SMILES string of the molecule is CCC(Oc1ccc(OC)cc1)C(=O)Nc1ccccc1Oc1ccccc1. The molecular formula is C23H23NO4. The molecule has 0 spiro atoms. The van der Waals surface area contributed by atoms with Crippen molar-refractivity contribution >= 4 is 11.6 Å². The van der Waals surface area contributed by atoms with Crippen molar-refractivity contribution in [3.63, 3.8) is 0 Å². The van der Waals surface area contributed by atoms with Crippen LogP contribution in [0.3, 0.4) is 0 Å². The topological polar surface area (TPSA) is 56.8 Å². The predicted molar refractivity (Wildman–Crippen MR) is 109 cm³/mol. The van der Waals surface area contributed by atoms with Gasteiger partial charge in [0, 0.05) is 0 Å². The van der Waals surface area contributed by atoms with Crippen LogP contribution in [0, 0.1) is 0 Å². The van der Waals surface area contributed by atoms with Gasteiger partial charge in [0.25, 0.3) is 5.91 Å². The van der Waals surface area contributed by atoms with Gasteiger partial charge >= 0.3 is 0 Å². The van der Waals surface area contributed by atoms with Crippen molar-refractivity contribution in [3.05, 3.63) is 78.9 Å². The smallest absolute Gasteiger partial charge is 0.265 e. The summed E-state index contributed by atoms with van der Waals surface area (Å²) in [6.07, 6.45) is -0.0993. The van der Waals surface area contributed by atoms with Gasteiger partial charge < -0.3 is 19.5 Å². The zero-order valence-corrected chi connectivity index (χ0v) is 15.9. The third-order valence-corrected chi connectivity index (χ3v) is 4.12. The van der Waals surface area contributed by atoms with Gasteiger partial charge in [-0.3, -0.25) is 4.79 Å². The predicted octanol–water partition coefficient (Wildman–Crippen LogP) is 5.28. The van der Waals surface area contributed by atoms with Crippen LogP contribution in [0.15, 0.2) is 78.9 Å². The summed E-state index contributed by atoms with van der Waals surface area (Å²) in [5.41, 5.74) is 0.591. The van der Waals surface area contributed by atoms with Gasteiger partial charge in [-0.25, -0.2) is 0 Å². The maximum Gasteiger partial charge on any atom is 0.265 e. The minimum Gasteiger partial charge on any atom is -0.497 e. The van der Waals surface area contributed by atoms with E-state index >= 15 is 0 Å². The van der Waals surface area contributed by atoms with E-state index in [2.05, 4.69) is 5.32 Å². The van der Waals surface area contributed by atoms with Crippen LogP contribution in [-0.4, -0.2) is 19.1 Å². The van der Waals surface area contributed by atoms with Gasteiger partial charge in [0.2, 0.25) is 0 Å². The molecule has 1 unspecified atom stereocenters. The van der Waals surface area contributed by atoms with Crippen molar-refractivity contribution in [2.45, 2.75) is 19.4 Å². The molecule has 0 aliphatic heterocycles. The number of amides is 1. The van der Waals surface area contributed by atoms with E-state index in [1.54, 1.807) is 37.4 Å². The molecule has 3 aromatic rings. The van der Waals surface area contributed by atoms with Crippen molar-refractivity contribution in [2.75, 3.05) is 12.4 Å². The van der Waals surface area contributed by atoms with E-state index in [1.807, 2.05) is 55.5 Å². The maximum absolute atomic E-state index is 12.8. The molecule has 0 aliphatic rings. The first-order valence-corrected chi connectivity index (χ1v) is 9.13. The van der Waals surface area contributed by atoms with E-state index in [-0.39, 0.29) is 5.91 Å². The Hall–Kier alpha value is -3.47.